The number of carbonyl (C=O) groups excluding carboxylic acids is 2. The quantitative estimate of drug-likeness (QED) is 0.764. The van der Waals surface area contributed by atoms with Crippen molar-refractivity contribution in [3.8, 4) is 0 Å². The summed E-state index contributed by atoms with van der Waals surface area (Å²) in [6.45, 7) is 7.45. The van der Waals surface area contributed by atoms with Gasteiger partial charge >= 0.3 is 0 Å². The third-order valence-corrected chi connectivity index (χ3v) is 6.01. The van der Waals surface area contributed by atoms with Crippen molar-refractivity contribution in [2.45, 2.75) is 64.1 Å². The maximum absolute atomic E-state index is 12.6. The lowest BCUT2D eigenvalue weighted by Crippen LogP contribution is -2.50. The molecule has 0 spiro atoms. The van der Waals surface area contributed by atoms with E-state index in [2.05, 4.69) is 15.2 Å². The number of amides is 2. The highest BCUT2D eigenvalue weighted by molar-refractivity contribution is 5.76. The van der Waals surface area contributed by atoms with Gasteiger partial charge in [0.1, 0.15) is 12.4 Å². The number of hydrogen-bond acceptors (Lipinski definition) is 5. The van der Waals surface area contributed by atoms with E-state index in [0.717, 1.165) is 38.2 Å². The Kier molecular flexibility index (Phi) is 6.72. The predicted octanol–water partition coefficient (Wildman–Crippen LogP) is 0.536. The van der Waals surface area contributed by atoms with Crippen LogP contribution in [0.3, 0.4) is 0 Å². The molecule has 1 atom stereocenters. The van der Waals surface area contributed by atoms with E-state index in [1.54, 1.807) is 13.1 Å². The number of imidazole rings is 1. The zero-order valence-corrected chi connectivity index (χ0v) is 17.1. The van der Waals surface area contributed by atoms with Gasteiger partial charge in [0, 0.05) is 58.1 Å². The lowest BCUT2D eigenvalue weighted by atomic mass is 9.93. The minimum atomic E-state index is -0.749. The van der Waals surface area contributed by atoms with Crippen molar-refractivity contribution >= 4 is 11.8 Å². The number of aryl methyl sites for hydroxylation is 1. The molecule has 0 saturated carbocycles. The Morgan fingerprint density at radius 1 is 1.25 bits per heavy atom. The summed E-state index contributed by atoms with van der Waals surface area (Å²) < 4.78 is 1.86. The van der Waals surface area contributed by atoms with E-state index in [9.17, 15) is 14.7 Å². The van der Waals surface area contributed by atoms with E-state index in [-0.39, 0.29) is 17.9 Å². The number of aromatic nitrogens is 2. The molecular weight excluding hydrogens is 358 g/mol. The van der Waals surface area contributed by atoms with E-state index in [0.29, 0.717) is 39.0 Å². The van der Waals surface area contributed by atoms with Gasteiger partial charge in [-0.1, -0.05) is 0 Å². The highest BCUT2D eigenvalue weighted by atomic mass is 16.3. The molecule has 0 radical (unpaired) electrons. The number of hydrogen-bond donors (Lipinski definition) is 2. The fourth-order valence-corrected chi connectivity index (χ4v) is 4.34. The van der Waals surface area contributed by atoms with Crippen LogP contribution >= 0.6 is 0 Å². The maximum atomic E-state index is 12.6. The molecule has 2 saturated heterocycles. The third-order valence-electron chi connectivity index (χ3n) is 6.01. The molecule has 1 aromatic rings. The van der Waals surface area contributed by atoms with Gasteiger partial charge < -0.3 is 24.8 Å². The molecule has 2 aliphatic heterocycles. The summed E-state index contributed by atoms with van der Waals surface area (Å²) in [6, 6.07) is 0.247. The zero-order chi connectivity index (χ0) is 20.1. The van der Waals surface area contributed by atoms with Gasteiger partial charge in [-0.05, 0) is 39.0 Å². The smallest absolute Gasteiger partial charge is 0.242 e. The highest BCUT2D eigenvalue weighted by Crippen LogP contribution is 2.25. The number of nitrogens with one attached hydrogen (secondary N) is 1. The van der Waals surface area contributed by atoms with Crippen molar-refractivity contribution in [1.82, 2.24) is 24.7 Å². The number of β-amino-alcohol motifs (C(OH)–C–C–N with tert-alkyl or cyclic N) is 1. The molecule has 28 heavy (non-hydrogen) atoms. The molecule has 0 bridgehead atoms. The molecule has 0 aliphatic carbocycles. The predicted molar refractivity (Wildman–Crippen MR) is 106 cm³/mol. The van der Waals surface area contributed by atoms with Gasteiger partial charge in [0.15, 0.2) is 0 Å². The monoisotopic (exact) mass is 391 g/mol. The van der Waals surface area contributed by atoms with Crippen LogP contribution in [-0.2, 0) is 16.1 Å². The van der Waals surface area contributed by atoms with Gasteiger partial charge in [0.25, 0.3) is 0 Å². The third kappa shape index (κ3) is 5.54. The molecule has 0 unspecified atom stereocenters. The van der Waals surface area contributed by atoms with Crippen molar-refractivity contribution in [2.24, 2.45) is 0 Å². The first-order valence-electron chi connectivity index (χ1n) is 10.3. The summed E-state index contributed by atoms with van der Waals surface area (Å²) in [7, 11) is 0. The van der Waals surface area contributed by atoms with Crippen LogP contribution in [0.1, 0.15) is 44.9 Å². The number of carbonyl (C=O) groups is 2. The summed E-state index contributed by atoms with van der Waals surface area (Å²) in [5.74, 6) is 0.945. The van der Waals surface area contributed by atoms with Crippen molar-refractivity contribution < 1.29 is 14.7 Å². The Hall–Kier alpha value is -1.93. The summed E-state index contributed by atoms with van der Waals surface area (Å²) >= 11 is 0. The number of nitrogens with zero attached hydrogens (tertiary/aromatic N) is 4. The fraction of sp³-hybridized carbons (Fsp3) is 0.750. The first kappa shape index (κ1) is 20.8. The van der Waals surface area contributed by atoms with Crippen LogP contribution < -0.4 is 5.32 Å². The molecule has 1 aromatic heterocycles. The van der Waals surface area contributed by atoms with Crippen LogP contribution in [0.25, 0.3) is 0 Å². The van der Waals surface area contributed by atoms with Crippen molar-refractivity contribution in [3.05, 3.63) is 18.2 Å². The van der Waals surface area contributed by atoms with Gasteiger partial charge in [-0.25, -0.2) is 4.98 Å². The minimum Gasteiger partial charge on any atom is -0.388 e. The Labute approximate surface area is 166 Å². The Morgan fingerprint density at radius 2 is 2.00 bits per heavy atom. The molecule has 156 valence electrons. The Morgan fingerprint density at radius 3 is 2.64 bits per heavy atom. The van der Waals surface area contributed by atoms with Gasteiger partial charge in [-0.15, -0.1) is 0 Å². The summed E-state index contributed by atoms with van der Waals surface area (Å²) in [4.78, 5) is 32.2. The molecule has 2 fully saturated rings. The molecule has 8 nitrogen and oxygen atoms in total. The maximum Gasteiger partial charge on any atom is 0.242 e. The number of likely N-dealkylation sites (tertiary alicyclic amines) is 2. The summed E-state index contributed by atoms with van der Waals surface area (Å²) in [5, 5.41) is 14.1. The van der Waals surface area contributed by atoms with Crippen molar-refractivity contribution in [1.29, 1.82) is 0 Å². The average Bonchev–Trinajstić information content (AvgIpc) is 2.93. The standard InChI is InChI=1S/C20H33N5O3/c1-16-21-8-13-25(16)14-19(27)24-9-3-6-20(28,7-12-24)15-23-10-4-18(5-11-23)22-17(2)26/h8,13,18,28H,3-7,9-12,14-15H2,1-2H3,(H,22,26)/t20-/m0/s1. The molecule has 2 aliphatic rings. The summed E-state index contributed by atoms with van der Waals surface area (Å²) in [6.07, 6.45) is 7.51. The van der Waals surface area contributed by atoms with Crippen molar-refractivity contribution in [3.63, 3.8) is 0 Å². The van der Waals surface area contributed by atoms with Crippen molar-refractivity contribution in [2.75, 3.05) is 32.7 Å². The van der Waals surface area contributed by atoms with Gasteiger partial charge in [0.05, 0.1) is 5.60 Å². The molecular formula is C20H33N5O3. The second-order valence-electron chi connectivity index (χ2n) is 8.31. The van der Waals surface area contributed by atoms with Gasteiger partial charge in [0.2, 0.25) is 11.8 Å². The van der Waals surface area contributed by atoms with Crippen LogP contribution in [0.5, 0.6) is 0 Å². The minimum absolute atomic E-state index is 0.0245. The van der Waals surface area contributed by atoms with E-state index < -0.39 is 5.60 Å². The van der Waals surface area contributed by atoms with Crippen LogP contribution in [0.4, 0.5) is 0 Å². The largest absolute Gasteiger partial charge is 0.388 e. The number of aliphatic hydroxyl groups is 1. The van der Waals surface area contributed by atoms with Crippen LogP contribution in [-0.4, -0.2) is 80.6 Å². The molecule has 8 heteroatoms. The second kappa shape index (κ2) is 9.05. The molecule has 2 amide bonds. The molecule has 2 N–H and O–H groups in total. The first-order chi connectivity index (χ1) is 13.3. The molecule has 3 heterocycles. The van der Waals surface area contributed by atoms with Gasteiger partial charge in [-0.3, -0.25) is 9.59 Å². The Balaban J connectivity index is 1.48. The Bertz CT molecular complexity index is 683. The number of rotatable bonds is 5. The molecule has 0 aromatic carbocycles. The fourth-order valence-electron chi connectivity index (χ4n) is 4.34. The normalized spacial score (nSPS) is 24.8. The van der Waals surface area contributed by atoms with E-state index >= 15 is 0 Å². The van der Waals surface area contributed by atoms with Crippen LogP contribution in [0.15, 0.2) is 12.4 Å². The van der Waals surface area contributed by atoms with E-state index in [1.807, 2.05) is 22.6 Å². The lowest BCUT2D eigenvalue weighted by Gasteiger charge is -2.38. The highest BCUT2D eigenvalue weighted by Gasteiger charge is 2.34. The van der Waals surface area contributed by atoms with Crippen LogP contribution in [0, 0.1) is 6.92 Å². The second-order valence-corrected chi connectivity index (χ2v) is 8.31. The SMILES string of the molecule is CC(=O)NC1CCN(C[C@]2(O)CCCN(C(=O)Cn3ccnc3C)CC2)CC1. The zero-order valence-electron chi connectivity index (χ0n) is 17.1. The van der Waals surface area contributed by atoms with Gasteiger partial charge in [-0.2, -0.15) is 0 Å². The van der Waals surface area contributed by atoms with Crippen LogP contribution in [0.2, 0.25) is 0 Å². The lowest BCUT2D eigenvalue weighted by molar-refractivity contribution is -0.132. The summed E-state index contributed by atoms with van der Waals surface area (Å²) in [5.41, 5.74) is -0.749. The topological polar surface area (TPSA) is 90.7 Å². The van der Waals surface area contributed by atoms with E-state index in [1.165, 1.54) is 0 Å². The van der Waals surface area contributed by atoms with E-state index in [4.69, 9.17) is 0 Å². The number of piperidine rings is 1. The average molecular weight is 392 g/mol. The molecule has 3 rings (SSSR count). The first-order valence-corrected chi connectivity index (χ1v) is 10.3.